The van der Waals surface area contributed by atoms with Crippen LogP contribution in [-0.4, -0.2) is 20.2 Å². The Morgan fingerprint density at radius 3 is 2.71 bits per heavy atom. The molecule has 3 aromatic rings. The van der Waals surface area contributed by atoms with Crippen LogP contribution < -0.4 is 19.8 Å². The fourth-order valence-electron chi connectivity index (χ4n) is 2.58. The number of aromatic nitrogens is 1. The van der Waals surface area contributed by atoms with Crippen LogP contribution in [0.25, 0.3) is 10.9 Å². The second-order valence-electron chi connectivity index (χ2n) is 5.19. The van der Waals surface area contributed by atoms with E-state index in [0.717, 1.165) is 0 Å². The number of hydrogen-bond acceptors (Lipinski definition) is 5. The summed E-state index contributed by atoms with van der Waals surface area (Å²) < 4.78 is 38.5. The van der Waals surface area contributed by atoms with E-state index in [1.165, 1.54) is 12.1 Å². The lowest BCUT2D eigenvalue weighted by Crippen LogP contribution is -2.15. The SMILES string of the molecule is O=c1ccc2cccc(NS(=O)(=O)c3cccc4c3OCO4)c2[nH]1. The van der Waals surface area contributed by atoms with Crippen LogP contribution in [-0.2, 0) is 10.0 Å². The van der Waals surface area contributed by atoms with Crippen LogP contribution in [0.4, 0.5) is 5.69 Å². The fourth-order valence-corrected chi connectivity index (χ4v) is 3.81. The lowest BCUT2D eigenvalue weighted by molar-refractivity contribution is 0.172. The van der Waals surface area contributed by atoms with Crippen LogP contribution in [0.1, 0.15) is 0 Å². The van der Waals surface area contributed by atoms with Gasteiger partial charge >= 0.3 is 0 Å². The number of benzene rings is 2. The predicted molar refractivity (Wildman–Crippen MR) is 87.9 cm³/mol. The van der Waals surface area contributed by atoms with Crippen molar-refractivity contribution in [3.63, 3.8) is 0 Å². The molecule has 0 aliphatic carbocycles. The van der Waals surface area contributed by atoms with Crippen molar-refractivity contribution in [2.24, 2.45) is 0 Å². The first-order valence-corrected chi connectivity index (χ1v) is 8.56. The number of hydrogen-bond donors (Lipinski definition) is 2. The van der Waals surface area contributed by atoms with Crippen molar-refractivity contribution < 1.29 is 17.9 Å². The van der Waals surface area contributed by atoms with Crippen molar-refractivity contribution in [3.05, 3.63) is 58.9 Å². The third-order valence-electron chi connectivity index (χ3n) is 3.65. The summed E-state index contributed by atoms with van der Waals surface area (Å²) in [5.41, 5.74) is 0.381. The van der Waals surface area contributed by atoms with Crippen LogP contribution in [0.5, 0.6) is 11.5 Å². The van der Waals surface area contributed by atoms with E-state index in [1.807, 2.05) is 0 Å². The molecule has 2 aromatic carbocycles. The molecule has 0 amide bonds. The Labute approximate surface area is 136 Å². The number of ether oxygens (including phenoxy) is 2. The van der Waals surface area contributed by atoms with Gasteiger partial charge in [-0.25, -0.2) is 8.42 Å². The maximum Gasteiger partial charge on any atom is 0.265 e. The van der Waals surface area contributed by atoms with E-state index in [-0.39, 0.29) is 28.7 Å². The molecule has 0 unspecified atom stereocenters. The highest BCUT2D eigenvalue weighted by Crippen LogP contribution is 2.38. The minimum absolute atomic E-state index is 0.0206. The minimum atomic E-state index is -3.92. The molecular formula is C16H12N2O5S. The molecule has 2 heterocycles. The van der Waals surface area contributed by atoms with E-state index < -0.39 is 10.0 Å². The van der Waals surface area contributed by atoms with Gasteiger partial charge in [-0.1, -0.05) is 18.2 Å². The molecule has 0 saturated heterocycles. The van der Waals surface area contributed by atoms with E-state index in [2.05, 4.69) is 9.71 Å². The molecule has 2 N–H and O–H groups in total. The average Bonchev–Trinajstić information content (AvgIpc) is 3.03. The van der Waals surface area contributed by atoms with Crippen LogP contribution in [0.3, 0.4) is 0 Å². The van der Waals surface area contributed by atoms with E-state index in [1.54, 1.807) is 36.4 Å². The van der Waals surface area contributed by atoms with Crippen LogP contribution in [0, 0.1) is 0 Å². The number of sulfonamides is 1. The van der Waals surface area contributed by atoms with Crippen molar-refractivity contribution in [1.29, 1.82) is 0 Å². The zero-order valence-electron chi connectivity index (χ0n) is 12.3. The molecule has 0 bridgehead atoms. The summed E-state index contributed by atoms with van der Waals surface area (Å²) in [6.07, 6.45) is 0. The normalized spacial score (nSPS) is 13.2. The second kappa shape index (κ2) is 5.27. The summed E-state index contributed by atoms with van der Waals surface area (Å²) in [5, 5.41) is 0.715. The number of anilines is 1. The van der Waals surface area contributed by atoms with Crippen molar-refractivity contribution >= 4 is 26.6 Å². The Morgan fingerprint density at radius 2 is 1.83 bits per heavy atom. The summed E-state index contributed by atoms with van der Waals surface area (Å²) >= 11 is 0. The largest absolute Gasteiger partial charge is 0.454 e. The van der Waals surface area contributed by atoms with E-state index in [4.69, 9.17) is 9.47 Å². The van der Waals surface area contributed by atoms with Crippen LogP contribution >= 0.6 is 0 Å². The molecule has 1 aliphatic heterocycles. The standard InChI is InChI=1S/C16H12N2O5S/c19-14-8-7-10-3-1-4-11(15(10)17-14)18-24(20,21)13-6-2-5-12-16(13)23-9-22-12/h1-8,18H,9H2,(H,17,19). The van der Waals surface area contributed by atoms with Gasteiger partial charge in [0.2, 0.25) is 12.4 Å². The second-order valence-corrected chi connectivity index (χ2v) is 6.84. The van der Waals surface area contributed by atoms with E-state index >= 15 is 0 Å². The van der Waals surface area contributed by atoms with Gasteiger partial charge in [0, 0.05) is 11.5 Å². The predicted octanol–water partition coefficient (Wildman–Crippen LogP) is 2.06. The smallest absolute Gasteiger partial charge is 0.265 e. The highest BCUT2D eigenvalue weighted by Gasteiger charge is 2.26. The number of H-pyrrole nitrogens is 1. The van der Waals surface area contributed by atoms with Gasteiger partial charge in [-0.2, -0.15) is 0 Å². The number of fused-ring (bicyclic) bond motifs is 2. The van der Waals surface area contributed by atoms with Crippen molar-refractivity contribution in [1.82, 2.24) is 4.98 Å². The van der Waals surface area contributed by atoms with Crippen LogP contribution in [0.15, 0.2) is 58.2 Å². The first-order chi connectivity index (χ1) is 11.5. The van der Waals surface area contributed by atoms with Gasteiger partial charge < -0.3 is 14.5 Å². The number of pyridine rings is 1. The molecular weight excluding hydrogens is 332 g/mol. The fraction of sp³-hybridized carbons (Fsp3) is 0.0625. The van der Waals surface area contributed by atoms with Gasteiger partial charge in [-0.05, 0) is 24.3 Å². The molecule has 0 atom stereocenters. The first-order valence-electron chi connectivity index (χ1n) is 7.08. The van der Waals surface area contributed by atoms with Gasteiger partial charge in [-0.15, -0.1) is 0 Å². The van der Waals surface area contributed by atoms with Gasteiger partial charge in [-0.3, -0.25) is 9.52 Å². The molecule has 24 heavy (non-hydrogen) atoms. The summed E-state index contributed by atoms with van der Waals surface area (Å²) in [4.78, 5) is 14.2. The van der Waals surface area contributed by atoms with E-state index in [0.29, 0.717) is 16.7 Å². The highest BCUT2D eigenvalue weighted by molar-refractivity contribution is 7.92. The molecule has 1 aliphatic rings. The summed E-state index contributed by atoms with van der Waals surface area (Å²) in [7, 11) is -3.92. The molecule has 8 heteroatoms. The molecule has 1 aromatic heterocycles. The van der Waals surface area contributed by atoms with Crippen molar-refractivity contribution in [2.75, 3.05) is 11.5 Å². The highest BCUT2D eigenvalue weighted by atomic mass is 32.2. The monoisotopic (exact) mass is 344 g/mol. The summed E-state index contributed by atoms with van der Waals surface area (Å²) in [5.74, 6) is 0.558. The summed E-state index contributed by atoms with van der Waals surface area (Å²) in [6, 6.07) is 12.7. The van der Waals surface area contributed by atoms with Crippen LogP contribution in [0.2, 0.25) is 0 Å². The Hall–Kier alpha value is -3.00. The maximum atomic E-state index is 12.8. The number of para-hydroxylation sites is 2. The Kier molecular flexibility index (Phi) is 3.20. The van der Waals surface area contributed by atoms with Gasteiger partial charge in [0.15, 0.2) is 11.5 Å². The third kappa shape index (κ3) is 2.37. The third-order valence-corrected chi connectivity index (χ3v) is 5.04. The minimum Gasteiger partial charge on any atom is -0.454 e. The molecule has 0 fully saturated rings. The van der Waals surface area contributed by atoms with E-state index in [9.17, 15) is 13.2 Å². The topological polar surface area (TPSA) is 97.5 Å². The van der Waals surface area contributed by atoms with Gasteiger partial charge in [0.25, 0.3) is 10.0 Å². The lowest BCUT2D eigenvalue weighted by atomic mass is 10.2. The Balaban J connectivity index is 1.82. The lowest BCUT2D eigenvalue weighted by Gasteiger charge is -2.12. The first kappa shape index (κ1) is 14.6. The molecule has 0 saturated carbocycles. The van der Waals surface area contributed by atoms with Crippen molar-refractivity contribution in [2.45, 2.75) is 4.90 Å². The number of nitrogens with one attached hydrogen (secondary N) is 2. The van der Waals surface area contributed by atoms with Gasteiger partial charge in [0.1, 0.15) is 4.90 Å². The molecule has 122 valence electrons. The quantitative estimate of drug-likeness (QED) is 0.758. The Morgan fingerprint density at radius 1 is 1.00 bits per heavy atom. The summed E-state index contributed by atoms with van der Waals surface area (Å²) in [6.45, 7) is -0.0244. The average molecular weight is 344 g/mol. The number of aromatic amines is 1. The van der Waals surface area contributed by atoms with Gasteiger partial charge in [0.05, 0.1) is 11.2 Å². The number of rotatable bonds is 3. The maximum absolute atomic E-state index is 12.8. The molecule has 0 radical (unpaired) electrons. The molecule has 0 spiro atoms. The zero-order chi connectivity index (χ0) is 16.7. The van der Waals surface area contributed by atoms with Crippen molar-refractivity contribution in [3.8, 4) is 11.5 Å². The molecule has 7 nitrogen and oxygen atoms in total. The Bertz CT molecular complexity index is 1100. The zero-order valence-corrected chi connectivity index (χ0v) is 13.1. The molecule has 4 rings (SSSR count).